The van der Waals surface area contributed by atoms with Gasteiger partial charge in [0.05, 0.1) is 18.9 Å². The molecule has 0 saturated carbocycles. The summed E-state index contributed by atoms with van der Waals surface area (Å²) in [6.07, 6.45) is 2.07. The number of rotatable bonds is 9. The molecule has 1 aromatic heterocycles. The molecule has 1 aliphatic heterocycles. The molecule has 2 heterocycles. The van der Waals surface area contributed by atoms with Crippen LogP contribution in [-0.2, 0) is 23.2 Å². The average Bonchev–Trinajstić information content (AvgIpc) is 3.36. The molecule has 3 aromatic rings. The number of carbonyl (C=O) groups excluding carboxylic acids is 1. The predicted molar refractivity (Wildman–Crippen MR) is 128 cm³/mol. The number of hydrogen-bond donors (Lipinski definition) is 2. The molecule has 8 nitrogen and oxygen atoms in total. The van der Waals surface area contributed by atoms with Gasteiger partial charge in [0.2, 0.25) is 0 Å². The standard InChI is InChI=1S/C24H29N3O5S/c1-5-9-27(6-2)14-15-7-8-19-16(10-15)11-20(26-19)17-12-21(31-3)23(32-33(4,29)30)18-13-25-24(28)22(17)18/h7-8,10-12,26H,5-6,9,13-14H2,1-4H3,(H,25,28). The lowest BCUT2D eigenvalue weighted by molar-refractivity contribution is 0.0966. The molecule has 0 fully saturated rings. The summed E-state index contributed by atoms with van der Waals surface area (Å²) in [5, 5.41) is 3.81. The van der Waals surface area contributed by atoms with Gasteiger partial charge in [0.15, 0.2) is 11.5 Å². The van der Waals surface area contributed by atoms with Crippen LogP contribution in [0.4, 0.5) is 0 Å². The molecule has 1 amide bonds. The van der Waals surface area contributed by atoms with E-state index in [4.69, 9.17) is 8.92 Å². The number of nitrogens with one attached hydrogen (secondary N) is 2. The maximum absolute atomic E-state index is 12.7. The summed E-state index contributed by atoms with van der Waals surface area (Å²) in [6, 6.07) is 9.98. The second-order valence-electron chi connectivity index (χ2n) is 8.25. The third kappa shape index (κ3) is 4.69. The number of hydrogen-bond acceptors (Lipinski definition) is 6. The highest BCUT2D eigenvalue weighted by Crippen LogP contribution is 2.43. The number of methoxy groups -OCH3 is 1. The number of nitrogens with zero attached hydrogens (tertiary/aromatic N) is 1. The summed E-state index contributed by atoms with van der Waals surface area (Å²) in [4.78, 5) is 18.5. The Morgan fingerprint density at radius 2 is 1.94 bits per heavy atom. The lowest BCUT2D eigenvalue weighted by atomic mass is 9.98. The summed E-state index contributed by atoms with van der Waals surface area (Å²) in [7, 11) is -2.36. The van der Waals surface area contributed by atoms with Crippen LogP contribution in [0.5, 0.6) is 11.5 Å². The molecule has 4 rings (SSSR count). The zero-order chi connectivity index (χ0) is 23.8. The van der Waals surface area contributed by atoms with Gasteiger partial charge in [-0.1, -0.05) is 19.9 Å². The Hall–Kier alpha value is -3.04. The Bertz CT molecular complexity index is 1310. The minimum Gasteiger partial charge on any atom is -0.493 e. The van der Waals surface area contributed by atoms with E-state index in [0.29, 0.717) is 16.7 Å². The Labute approximate surface area is 194 Å². The first-order valence-electron chi connectivity index (χ1n) is 11.0. The van der Waals surface area contributed by atoms with Crippen LogP contribution in [0.2, 0.25) is 0 Å². The van der Waals surface area contributed by atoms with Gasteiger partial charge in [-0.3, -0.25) is 9.69 Å². The van der Waals surface area contributed by atoms with E-state index >= 15 is 0 Å². The Balaban J connectivity index is 1.79. The maximum Gasteiger partial charge on any atom is 0.306 e. The Morgan fingerprint density at radius 3 is 2.61 bits per heavy atom. The van der Waals surface area contributed by atoms with Crippen LogP contribution < -0.4 is 14.2 Å². The van der Waals surface area contributed by atoms with E-state index in [1.54, 1.807) is 6.07 Å². The van der Waals surface area contributed by atoms with E-state index in [0.717, 1.165) is 48.9 Å². The zero-order valence-electron chi connectivity index (χ0n) is 19.3. The van der Waals surface area contributed by atoms with Crippen molar-refractivity contribution >= 4 is 26.9 Å². The first-order valence-corrected chi connectivity index (χ1v) is 12.8. The fraction of sp³-hybridized carbons (Fsp3) is 0.375. The van der Waals surface area contributed by atoms with Crippen LogP contribution in [0.1, 0.15) is 41.8 Å². The molecule has 2 aromatic carbocycles. The Kier molecular flexibility index (Phi) is 6.36. The SMILES string of the molecule is CCCN(CC)Cc1ccc2[nH]c(-c3cc(OC)c(OS(C)(=O)=O)c4c3C(=O)NC4)cc2c1. The van der Waals surface area contributed by atoms with Crippen molar-refractivity contribution in [1.29, 1.82) is 0 Å². The van der Waals surface area contributed by atoms with Crippen molar-refractivity contribution in [2.45, 2.75) is 33.4 Å². The summed E-state index contributed by atoms with van der Waals surface area (Å²) < 4.78 is 34.2. The third-order valence-electron chi connectivity index (χ3n) is 5.82. The normalized spacial score (nSPS) is 13.4. The van der Waals surface area contributed by atoms with E-state index < -0.39 is 10.1 Å². The van der Waals surface area contributed by atoms with Crippen LogP contribution in [-0.4, -0.2) is 50.7 Å². The van der Waals surface area contributed by atoms with Gasteiger partial charge in [-0.25, -0.2) is 0 Å². The molecule has 0 radical (unpaired) electrons. The molecule has 0 aliphatic carbocycles. The molecule has 9 heteroatoms. The van der Waals surface area contributed by atoms with Gasteiger partial charge in [0.25, 0.3) is 5.91 Å². The predicted octanol–water partition coefficient (Wildman–Crippen LogP) is 3.66. The first-order chi connectivity index (χ1) is 15.7. The molecule has 0 saturated heterocycles. The summed E-state index contributed by atoms with van der Waals surface area (Å²) in [5.41, 5.74) is 4.42. The molecule has 2 N–H and O–H groups in total. The van der Waals surface area contributed by atoms with Crippen molar-refractivity contribution in [1.82, 2.24) is 15.2 Å². The number of fused-ring (bicyclic) bond motifs is 2. The van der Waals surface area contributed by atoms with Crippen molar-refractivity contribution in [2.24, 2.45) is 0 Å². The van der Waals surface area contributed by atoms with E-state index in [9.17, 15) is 13.2 Å². The van der Waals surface area contributed by atoms with Gasteiger partial charge in [-0.05, 0) is 49.3 Å². The number of benzene rings is 2. The third-order valence-corrected chi connectivity index (χ3v) is 6.29. The molecule has 0 spiro atoms. The van der Waals surface area contributed by atoms with Gasteiger partial charge in [0.1, 0.15) is 0 Å². The fourth-order valence-electron chi connectivity index (χ4n) is 4.33. The molecule has 176 valence electrons. The van der Waals surface area contributed by atoms with Crippen molar-refractivity contribution < 1.29 is 22.1 Å². The van der Waals surface area contributed by atoms with Crippen molar-refractivity contribution in [3.8, 4) is 22.8 Å². The van der Waals surface area contributed by atoms with Crippen LogP contribution in [0, 0.1) is 0 Å². The highest BCUT2D eigenvalue weighted by atomic mass is 32.2. The van der Waals surface area contributed by atoms with E-state index in [-0.39, 0.29) is 24.0 Å². The van der Waals surface area contributed by atoms with Crippen LogP contribution >= 0.6 is 0 Å². The van der Waals surface area contributed by atoms with Crippen molar-refractivity contribution in [2.75, 3.05) is 26.5 Å². The van der Waals surface area contributed by atoms with E-state index in [1.807, 2.05) is 12.1 Å². The van der Waals surface area contributed by atoms with Gasteiger partial charge >= 0.3 is 10.1 Å². The average molecular weight is 472 g/mol. The van der Waals surface area contributed by atoms with Gasteiger partial charge in [-0.15, -0.1) is 0 Å². The number of aromatic amines is 1. The largest absolute Gasteiger partial charge is 0.493 e. The Morgan fingerprint density at radius 1 is 1.15 bits per heavy atom. The number of ether oxygens (including phenoxy) is 1. The maximum atomic E-state index is 12.7. The lowest BCUT2D eigenvalue weighted by Gasteiger charge is -2.19. The van der Waals surface area contributed by atoms with E-state index in [1.165, 1.54) is 12.7 Å². The molecular formula is C24H29N3O5S. The van der Waals surface area contributed by atoms with Crippen LogP contribution in [0.25, 0.3) is 22.2 Å². The highest BCUT2D eigenvalue weighted by Gasteiger charge is 2.31. The fourth-order valence-corrected chi connectivity index (χ4v) is 4.82. The zero-order valence-corrected chi connectivity index (χ0v) is 20.1. The van der Waals surface area contributed by atoms with E-state index in [2.05, 4.69) is 41.2 Å². The molecule has 0 atom stereocenters. The molecule has 0 bridgehead atoms. The van der Waals surface area contributed by atoms with Gasteiger partial charge in [-0.2, -0.15) is 8.42 Å². The monoisotopic (exact) mass is 471 g/mol. The van der Waals surface area contributed by atoms with Crippen LogP contribution in [0.15, 0.2) is 30.3 Å². The van der Waals surface area contributed by atoms with Gasteiger partial charge in [0, 0.05) is 40.8 Å². The lowest BCUT2D eigenvalue weighted by Crippen LogP contribution is -2.23. The minimum atomic E-state index is -3.80. The second kappa shape index (κ2) is 9.07. The van der Waals surface area contributed by atoms with Crippen molar-refractivity contribution in [3.63, 3.8) is 0 Å². The van der Waals surface area contributed by atoms with Gasteiger partial charge < -0.3 is 19.2 Å². The molecular weight excluding hydrogens is 442 g/mol. The minimum absolute atomic E-state index is 0.0473. The number of carbonyl (C=O) groups is 1. The molecule has 1 aliphatic rings. The topological polar surface area (TPSA) is 101 Å². The quantitative estimate of drug-likeness (QED) is 0.462. The van der Waals surface area contributed by atoms with Crippen LogP contribution in [0.3, 0.4) is 0 Å². The summed E-state index contributed by atoms with van der Waals surface area (Å²) in [5.74, 6) is 0.0211. The molecule has 33 heavy (non-hydrogen) atoms. The number of aromatic nitrogens is 1. The highest BCUT2D eigenvalue weighted by molar-refractivity contribution is 7.86. The summed E-state index contributed by atoms with van der Waals surface area (Å²) in [6.45, 7) is 7.43. The molecule has 0 unspecified atom stereocenters. The number of amides is 1. The summed E-state index contributed by atoms with van der Waals surface area (Å²) >= 11 is 0. The second-order valence-corrected chi connectivity index (χ2v) is 9.83. The smallest absolute Gasteiger partial charge is 0.306 e. The first kappa shape index (κ1) is 23.1. The van der Waals surface area contributed by atoms with Crippen molar-refractivity contribution in [3.05, 3.63) is 47.0 Å². The number of H-pyrrole nitrogens is 1.